The Balaban J connectivity index is 1.89. The van der Waals surface area contributed by atoms with Crippen LogP contribution >= 0.6 is 0 Å². The highest BCUT2D eigenvalue weighted by Crippen LogP contribution is 2.31. The van der Waals surface area contributed by atoms with Crippen molar-refractivity contribution < 1.29 is 92.5 Å². The first kappa shape index (κ1) is 63.6. The molecule has 0 aromatic rings. The summed E-state index contributed by atoms with van der Waals surface area (Å²) < 4.78 is 43.6. The van der Waals surface area contributed by atoms with E-state index in [2.05, 4.69) is 15.3 Å². The number of hydrogen-bond donors (Lipinski definition) is 11. The number of aliphatic hydroxyl groups excluding tert-OH is 4. The molecule has 0 radical (unpaired) electrons. The van der Waals surface area contributed by atoms with E-state index in [1.807, 2.05) is 6.92 Å². The minimum absolute atomic E-state index is 0.0975. The molecule has 73 heavy (non-hydrogen) atoms. The number of esters is 1. The van der Waals surface area contributed by atoms with Crippen LogP contribution in [-0.2, 0) is 57.1 Å². The van der Waals surface area contributed by atoms with Gasteiger partial charge in [-0.05, 0) is 50.7 Å². The van der Waals surface area contributed by atoms with Gasteiger partial charge in [-0.3, -0.25) is 9.59 Å². The predicted octanol–water partition coefficient (Wildman–Crippen LogP) is -1.58. The molecule has 0 saturated heterocycles. The van der Waals surface area contributed by atoms with E-state index in [1.165, 1.54) is 12.2 Å². The Bertz CT molecular complexity index is 1800. The summed E-state index contributed by atoms with van der Waals surface area (Å²) in [5.41, 5.74) is 22.0. The quantitative estimate of drug-likeness (QED) is 0.0144. The van der Waals surface area contributed by atoms with E-state index < -0.39 is 109 Å². The van der Waals surface area contributed by atoms with Crippen LogP contribution in [0.25, 0.3) is 0 Å². The third-order valence-electron chi connectivity index (χ3n) is 11.5. The molecular formula is C46H80N8O19. The van der Waals surface area contributed by atoms with Crippen LogP contribution in [0, 0.1) is 11.8 Å². The number of alkyl carbamates (subject to hydrolysis) is 1. The van der Waals surface area contributed by atoms with Gasteiger partial charge >= 0.3 is 24.0 Å². The molecule has 0 aromatic heterocycles. The number of nitrogens with two attached hydrogens (primary N) is 4. The number of hydrogen-bond acceptors (Lipinski definition) is 19. The molecule has 15 N–H and O–H groups in total. The Morgan fingerprint density at radius 2 is 1.18 bits per heavy atom. The van der Waals surface area contributed by atoms with E-state index in [-0.39, 0.29) is 50.4 Å². The van der Waals surface area contributed by atoms with Crippen molar-refractivity contribution in [2.75, 3.05) is 85.7 Å². The summed E-state index contributed by atoms with van der Waals surface area (Å²) in [6.45, 7) is 7.89. The van der Waals surface area contributed by atoms with Gasteiger partial charge in [0.15, 0.2) is 18.0 Å². The highest BCUT2D eigenvalue weighted by molar-refractivity contribution is 5.85. The topological polar surface area (TPSA) is 425 Å². The van der Waals surface area contributed by atoms with E-state index >= 15 is 0 Å². The van der Waals surface area contributed by atoms with Gasteiger partial charge in [0, 0.05) is 44.5 Å². The Hall–Kier alpha value is -5.55. The van der Waals surface area contributed by atoms with Crippen molar-refractivity contribution >= 4 is 41.8 Å². The first-order valence-electron chi connectivity index (χ1n) is 24.6. The summed E-state index contributed by atoms with van der Waals surface area (Å²) in [5, 5.41) is 63.4. The van der Waals surface area contributed by atoms with Gasteiger partial charge in [-0.1, -0.05) is 27.2 Å². The SMILES string of the molecule is CCCOCCOCCOCCOCCC(=O)N(CCCCCNC(=O)OC[C@@H](O)[C@@H](O)[C@@H]1OC(C(=O)O)=C[C@H](N=C(N)N)[C@H]1C)CCCCCC(=O)O[C@@H]([C@@H]1OC(C(=O)O)=C[C@H](N=C(N)N)[C@H]1C)[C@H](O)CO. The van der Waals surface area contributed by atoms with Crippen molar-refractivity contribution in [3.05, 3.63) is 23.7 Å². The van der Waals surface area contributed by atoms with Crippen LogP contribution in [0.3, 0.4) is 0 Å². The molecule has 0 aliphatic carbocycles. The molecule has 0 unspecified atom stereocenters. The number of ether oxygens (including phenoxy) is 8. The van der Waals surface area contributed by atoms with Gasteiger partial charge in [0.1, 0.15) is 37.1 Å². The van der Waals surface area contributed by atoms with Crippen molar-refractivity contribution in [2.45, 2.75) is 127 Å². The Labute approximate surface area is 425 Å². The number of amides is 2. The van der Waals surface area contributed by atoms with Gasteiger partial charge in [-0.2, -0.15) is 0 Å². The number of carboxylic acid groups (broad SMARTS) is 2. The molecule has 0 bridgehead atoms. The second-order valence-electron chi connectivity index (χ2n) is 17.4. The molecule has 2 amide bonds. The lowest BCUT2D eigenvalue weighted by atomic mass is 9.87. The number of unbranched alkanes of at least 4 members (excludes halogenated alkanes) is 4. The number of nitrogens with zero attached hydrogens (tertiary/aromatic N) is 3. The smallest absolute Gasteiger partial charge is 0.407 e. The lowest BCUT2D eigenvalue weighted by Crippen LogP contribution is -2.51. The number of aliphatic imine (C=N–C) groups is 2. The largest absolute Gasteiger partial charge is 0.480 e. The lowest BCUT2D eigenvalue weighted by Gasteiger charge is -2.38. The van der Waals surface area contributed by atoms with Crippen molar-refractivity contribution in [1.82, 2.24) is 10.2 Å². The van der Waals surface area contributed by atoms with Crippen molar-refractivity contribution in [1.29, 1.82) is 0 Å². The Kier molecular flexibility index (Phi) is 31.0. The number of carbonyl (C=O) groups excluding carboxylic acids is 3. The number of rotatable bonds is 38. The zero-order chi connectivity index (χ0) is 54.3. The maximum Gasteiger partial charge on any atom is 0.407 e. The Morgan fingerprint density at radius 1 is 0.685 bits per heavy atom. The molecule has 418 valence electrons. The molecule has 0 spiro atoms. The van der Waals surface area contributed by atoms with Crippen LogP contribution in [-0.4, -0.2) is 212 Å². The number of carboxylic acids is 2. The summed E-state index contributed by atoms with van der Waals surface area (Å²) in [4.78, 5) is 72.0. The number of aliphatic carboxylic acids is 2. The number of aliphatic hydroxyl groups is 4. The zero-order valence-corrected chi connectivity index (χ0v) is 42.1. The molecule has 2 heterocycles. The van der Waals surface area contributed by atoms with Gasteiger partial charge in [-0.25, -0.2) is 24.4 Å². The second-order valence-corrected chi connectivity index (χ2v) is 17.4. The average Bonchev–Trinajstić information content (AvgIpc) is 3.34. The third-order valence-corrected chi connectivity index (χ3v) is 11.5. The molecule has 0 aromatic carbocycles. The van der Waals surface area contributed by atoms with E-state index in [0.29, 0.717) is 91.3 Å². The zero-order valence-electron chi connectivity index (χ0n) is 42.1. The van der Waals surface area contributed by atoms with Crippen LogP contribution < -0.4 is 28.3 Å². The number of guanidine groups is 2. The first-order chi connectivity index (χ1) is 34.8. The third kappa shape index (κ3) is 24.8. The van der Waals surface area contributed by atoms with Gasteiger partial charge < -0.3 is 102 Å². The van der Waals surface area contributed by atoms with E-state index in [9.17, 15) is 54.6 Å². The number of carbonyl (C=O) groups is 5. The molecular weight excluding hydrogens is 969 g/mol. The average molecular weight is 1050 g/mol. The van der Waals surface area contributed by atoms with Gasteiger partial charge in [-0.15, -0.1) is 0 Å². The van der Waals surface area contributed by atoms with Crippen molar-refractivity contribution in [2.24, 2.45) is 44.8 Å². The molecule has 2 aliphatic rings. The lowest BCUT2D eigenvalue weighted by molar-refractivity contribution is -0.176. The van der Waals surface area contributed by atoms with Gasteiger partial charge in [0.2, 0.25) is 17.4 Å². The highest BCUT2D eigenvalue weighted by Gasteiger charge is 2.44. The maximum absolute atomic E-state index is 13.4. The summed E-state index contributed by atoms with van der Waals surface area (Å²) in [5.74, 6) is -6.80. The van der Waals surface area contributed by atoms with Crippen LogP contribution in [0.4, 0.5) is 4.79 Å². The normalized spacial score (nSPS) is 21.1. The fraction of sp³-hybridized carbons (Fsp3) is 0.761. The minimum Gasteiger partial charge on any atom is -0.480 e. The van der Waals surface area contributed by atoms with E-state index in [4.69, 9.17) is 60.8 Å². The van der Waals surface area contributed by atoms with E-state index in [1.54, 1.807) is 18.7 Å². The molecule has 2 aliphatic heterocycles. The van der Waals surface area contributed by atoms with Gasteiger partial charge in [0.25, 0.3) is 0 Å². The van der Waals surface area contributed by atoms with E-state index in [0.717, 1.165) is 6.42 Å². The van der Waals surface area contributed by atoms with Crippen molar-refractivity contribution in [3.8, 4) is 0 Å². The molecule has 27 heteroatoms. The summed E-state index contributed by atoms with van der Waals surface area (Å²) >= 11 is 0. The van der Waals surface area contributed by atoms with Gasteiger partial charge in [0.05, 0.1) is 71.4 Å². The Morgan fingerprint density at radius 3 is 1.68 bits per heavy atom. The monoisotopic (exact) mass is 1050 g/mol. The highest BCUT2D eigenvalue weighted by atomic mass is 16.6. The van der Waals surface area contributed by atoms with Crippen LogP contribution in [0.1, 0.15) is 78.6 Å². The van der Waals surface area contributed by atoms with Crippen molar-refractivity contribution in [3.63, 3.8) is 0 Å². The second kappa shape index (κ2) is 35.6. The summed E-state index contributed by atoms with van der Waals surface area (Å²) in [6.07, 6.45) is -3.50. The standard InChI is InChI=1S/C46H80N8O19/c1-4-16-66-18-20-68-22-23-69-21-19-67-17-12-36(58)54(14-9-5-7-11-37(59)73-41(32(56)26-55)40-29(3)31(53-45(49)50)25-35(72-40)43(63)64)15-10-6-8-13-51-46(65)70-27-33(57)38(60)39-28(2)30(52-44(47)48)24-34(71-39)42(61)62/h24-25,28-33,38-41,55-57,60H,4-23,26-27H2,1-3H3,(H,51,65)(H,61,62)(H,63,64)(H4,47,48,52)(H4,49,50,53)/t28-,29-,30+,31+,32-,33-,38-,39-,40-,41-/m1/s1. The molecule has 27 nitrogen and oxygen atoms in total. The predicted molar refractivity (Wildman–Crippen MR) is 260 cm³/mol. The molecule has 2 rings (SSSR count). The number of nitrogens with one attached hydrogen (secondary N) is 1. The minimum atomic E-state index is -1.68. The molecule has 0 saturated carbocycles. The maximum atomic E-state index is 13.4. The first-order valence-corrected chi connectivity index (χ1v) is 24.6. The molecule has 10 atom stereocenters. The van der Waals surface area contributed by atoms with Crippen LogP contribution in [0.2, 0.25) is 0 Å². The van der Waals surface area contributed by atoms with Crippen LogP contribution in [0.5, 0.6) is 0 Å². The summed E-state index contributed by atoms with van der Waals surface area (Å²) in [6, 6.07) is -1.76. The summed E-state index contributed by atoms with van der Waals surface area (Å²) in [7, 11) is 0. The fourth-order valence-corrected chi connectivity index (χ4v) is 7.57. The van der Waals surface area contributed by atoms with Crippen LogP contribution in [0.15, 0.2) is 33.7 Å². The molecule has 0 fully saturated rings. The fourth-order valence-electron chi connectivity index (χ4n) is 7.57.